The van der Waals surface area contributed by atoms with Crippen LogP contribution in [0.15, 0.2) is 24.3 Å². The summed E-state index contributed by atoms with van der Waals surface area (Å²) in [6.45, 7) is 3.39. The number of aliphatic hydroxyl groups excluding tert-OH is 4. The molecule has 1 aliphatic rings. The average molecular weight is 890 g/mol. The lowest BCUT2D eigenvalue weighted by Crippen LogP contribution is -2.61. The van der Waals surface area contributed by atoms with Crippen LogP contribution in [0.5, 0.6) is 0 Å². The van der Waals surface area contributed by atoms with Gasteiger partial charge in [0, 0.05) is 6.42 Å². The summed E-state index contributed by atoms with van der Waals surface area (Å²) >= 11 is 0. The van der Waals surface area contributed by atoms with Crippen LogP contribution in [-0.4, -0.2) is 95.4 Å². The molecule has 12 nitrogen and oxygen atoms in total. The van der Waals surface area contributed by atoms with Crippen LogP contribution < -0.4 is 5.32 Å². The molecule has 0 bridgehead atoms. The zero-order valence-corrected chi connectivity index (χ0v) is 39.3. The molecule has 0 saturated carbocycles. The van der Waals surface area contributed by atoms with E-state index in [1.807, 2.05) is 6.08 Å². The van der Waals surface area contributed by atoms with Gasteiger partial charge in [-0.2, -0.15) is 8.42 Å². The van der Waals surface area contributed by atoms with Gasteiger partial charge < -0.3 is 35.2 Å². The third-order valence-corrected chi connectivity index (χ3v) is 12.2. The Labute approximate surface area is 372 Å². The van der Waals surface area contributed by atoms with Gasteiger partial charge in [0.25, 0.3) is 0 Å². The number of amides is 1. The molecule has 0 aliphatic carbocycles. The molecule has 0 spiro atoms. The maximum atomic E-state index is 13.0. The number of ether oxygens (including phenoxy) is 2. The average Bonchev–Trinajstić information content (AvgIpc) is 3.23. The summed E-state index contributed by atoms with van der Waals surface area (Å²) in [6.07, 6.45) is 36.5. The van der Waals surface area contributed by atoms with E-state index in [2.05, 4.69) is 35.5 Å². The second-order valence-corrected chi connectivity index (χ2v) is 18.4. The van der Waals surface area contributed by atoms with Crippen molar-refractivity contribution in [2.45, 2.75) is 262 Å². The number of rotatable bonds is 42. The first-order valence-electron chi connectivity index (χ1n) is 24.7. The first kappa shape index (κ1) is 57.6. The number of hydrogen-bond acceptors (Lipinski definition) is 10. The molecule has 1 rings (SSSR count). The highest BCUT2D eigenvalue weighted by atomic mass is 32.3. The van der Waals surface area contributed by atoms with Crippen LogP contribution in [0.1, 0.15) is 219 Å². The van der Waals surface area contributed by atoms with Crippen LogP contribution in [0.4, 0.5) is 0 Å². The molecule has 13 heteroatoms. The highest BCUT2D eigenvalue weighted by molar-refractivity contribution is 7.80. The van der Waals surface area contributed by atoms with E-state index >= 15 is 0 Å². The van der Waals surface area contributed by atoms with E-state index in [0.29, 0.717) is 6.42 Å². The van der Waals surface area contributed by atoms with Crippen LogP contribution in [0.2, 0.25) is 0 Å². The number of nitrogens with one attached hydrogen (secondary N) is 1. The molecule has 1 saturated heterocycles. The first-order valence-corrected chi connectivity index (χ1v) is 26.1. The molecule has 61 heavy (non-hydrogen) atoms. The monoisotopic (exact) mass is 890 g/mol. The van der Waals surface area contributed by atoms with Crippen LogP contribution in [0, 0.1) is 0 Å². The molecule has 1 fully saturated rings. The molecule has 6 N–H and O–H groups in total. The first-order chi connectivity index (χ1) is 29.5. The molecular formula is C48H91NO11S. The van der Waals surface area contributed by atoms with Crippen molar-refractivity contribution in [1.82, 2.24) is 5.32 Å². The van der Waals surface area contributed by atoms with E-state index in [-0.39, 0.29) is 18.9 Å². The second-order valence-electron chi connectivity index (χ2n) is 17.4. The largest absolute Gasteiger partial charge is 0.397 e. The topological polar surface area (TPSA) is 192 Å². The van der Waals surface area contributed by atoms with Crippen molar-refractivity contribution in [1.29, 1.82) is 0 Å². The lowest BCUT2D eigenvalue weighted by Gasteiger charge is -2.41. The van der Waals surface area contributed by atoms with Gasteiger partial charge in [0.15, 0.2) is 6.29 Å². The number of aliphatic hydroxyl groups is 4. The summed E-state index contributed by atoms with van der Waals surface area (Å²) in [4.78, 5) is 13.0. The SMILES string of the molecule is CCCCCCCCCCCC/C=C\CCCCCCCCCC(=O)NC(COC1OC(CO)C(O)C(OS(=O)(=O)O)C1O)C(O)/C=C/CCCCCCCCCCCCC. The van der Waals surface area contributed by atoms with Gasteiger partial charge in [0.1, 0.15) is 24.4 Å². The third kappa shape index (κ3) is 32.0. The molecule has 1 amide bonds. The minimum atomic E-state index is -5.08. The van der Waals surface area contributed by atoms with Gasteiger partial charge in [-0.3, -0.25) is 9.35 Å². The maximum Gasteiger partial charge on any atom is 0.397 e. The Bertz CT molecular complexity index is 1190. The van der Waals surface area contributed by atoms with Gasteiger partial charge in [-0.15, -0.1) is 0 Å². The Morgan fingerprint density at radius 3 is 1.48 bits per heavy atom. The Morgan fingerprint density at radius 2 is 1.05 bits per heavy atom. The van der Waals surface area contributed by atoms with Gasteiger partial charge in [-0.05, 0) is 44.9 Å². The summed E-state index contributed by atoms with van der Waals surface area (Å²) < 4.78 is 47.6. The molecule has 0 aromatic heterocycles. The molecule has 7 unspecified atom stereocenters. The molecule has 1 heterocycles. The molecule has 0 aromatic rings. The van der Waals surface area contributed by atoms with Crippen molar-refractivity contribution in [3.8, 4) is 0 Å². The summed E-state index contributed by atoms with van der Waals surface area (Å²) in [6, 6.07) is -0.943. The van der Waals surface area contributed by atoms with Crippen LogP contribution in [0.25, 0.3) is 0 Å². The zero-order valence-electron chi connectivity index (χ0n) is 38.5. The van der Waals surface area contributed by atoms with E-state index in [1.165, 1.54) is 148 Å². The van der Waals surface area contributed by atoms with E-state index in [1.54, 1.807) is 6.08 Å². The fraction of sp³-hybridized carbons (Fsp3) is 0.896. The number of allylic oxidation sites excluding steroid dienone is 3. The molecular weight excluding hydrogens is 799 g/mol. The van der Waals surface area contributed by atoms with E-state index in [4.69, 9.17) is 9.47 Å². The van der Waals surface area contributed by atoms with Gasteiger partial charge >= 0.3 is 10.4 Å². The number of hydrogen-bond donors (Lipinski definition) is 6. The summed E-state index contributed by atoms with van der Waals surface area (Å²) in [5.74, 6) is -0.266. The summed E-state index contributed by atoms with van der Waals surface area (Å²) in [7, 11) is -5.08. The standard InChI is InChI=1S/C48H91NO11S/c1-3-5-7-9-11-13-15-17-18-19-20-21-22-23-24-26-28-30-32-34-36-38-44(52)49-41(42(51)37-35-33-31-29-27-25-16-14-12-10-8-6-4-2)40-58-48-46(54)47(60-61(55,56)57)45(53)43(39-50)59-48/h21-22,35,37,41-43,45-48,50-51,53-54H,3-20,23-34,36,38-40H2,1-2H3,(H,49,52)(H,55,56,57)/b22-21-,37-35+. The molecule has 7 atom stereocenters. The quantitative estimate of drug-likeness (QED) is 0.0194. The lowest BCUT2D eigenvalue weighted by atomic mass is 9.99. The van der Waals surface area contributed by atoms with Crippen molar-refractivity contribution < 1.29 is 51.8 Å². The number of unbranched alkanes of at least 4 members (excludes halogenated alkanes) is 28. The molecule has 360 valence electrons. The van der Waals surface area contributed by atoms with Crippen molar-refractivity contribution in [3.63, 3.8) is 0 Å². The summed E-state index contributed by atoms with van der Waals surface area (Å²) in [5, 5.41) is 44.7. The third-order valence-electron chi connectivity index (χ3n) is 11.7. The predicted octanol–water partition coefficient (Wildman–Crippen LogP) is 10.1. The van der Waals surface area contributed by atoms with E-state index in [0.717, 1.165) is 44.9 Å². The predicted molar refractivity (Wildman–Crippen MR) is 245 cm³/mol. The number of carbonyl (C=O) groups excluding carboxylic acids is 1. The normalized spacial score (nSPS) is 20.8. The Balaban J connectivity index is 2.45. The Morgan fingerprint density at radius 1 is 0.639 bits per heavy atom. The fourth-order valence-electron chi connectivity index (χ4n) is 7.86. The minimum Gasteiger partial charge on any atom is -0.394 e. The zero-order chi connectivity index (χ0) is 44.8. The van der Waals surface area contributed by atoms with Crippen LogP contribution in [-0.2, 0) is 28.9 Å². The number of carbonyl (C=O) groups is 1. The van der Waals surface area contributed by atoms with Crippen molar-refractivity contribution in [2.24, 2.45) is 0 Å². The molecule has 1 aliphatic heterocycles. The molecule has 0 aromatic carbocycles. The van der Waals surface area contributed by atoms with Gasteiger partial charge in [0.05, 0.1) is 25.4 Å². The van der Waals surface area contributed by atoms with E-state index < -0.39 is 59.9 Å². The Kier molecular flexibility index (Phi) is 36.8. The Hall–Kier alpha value is -1.42. The highest BCUT2D eigenvalue weighted by Gasteiger charge is 2.48. The molecule has 0 radical (unpaired) electrons. The van der Waals surface area contributed by atoms with Gasteiger partial charge in [-0.25, -0.2) is 4.18 Å². The van der Waals surface area contributed by atoms with Gasteiger partial charge in [0.2, 0.25) is 5.91 Å². The minimum absolute atomic E-state index is 0.265. The van der Waals surface area contributed by atoms with Crippen LogP contribution >= 0.6 is 0 Å². The van der Waals surface area contributed by atoms with Crippen molar-refractivity contribution >= 4 is 16.3 Å². The van der Waals surface area contributed by atoms with Gasteiger partial charge in [-0.1, -0.05) is 192 Å². The summed E-state index contributed by atoms with van der Waals surface area (Å²) in [5.41, 5.74) is 0. The highest BCUT2D eigenvalue weighted by Crippen LogP contribution is 2.26. The second kappa shape index (κ2) is 39.0. The smallest absolute Gasteiger partial charge is 0.394 e. The van der Waals surface area contributed by atoms with E-state index in [9.17, 15) is 38.2 Å². The van der Waals surface area contributed by atoms with Crippen molar-refractivity contribution in [3.05, 3.63) is 24.3 Å². The fourth-order valence-corrected chi connectivity index (χ4v) is 8.37. The van der Waals surface area contributed by atoms with Crippen LogP contribution in [0.3, 0.4) is 0 Å². The lowest BCUT2D eigenvalue weighted by molar-refractivity contribution is -0.298. The maximum absolute atomic E-state index is 13.0. The van der Waals surface area contributed by atoms with Crippen molar-refractivity contribution in [2.75, 3.05) is 13.2 Å².